The quantitative estimate of drug-likeness (QED) is 0.677. The van der Waals surface area contributed by atoms with Crippen LogP contribution in [0.15, 0.2) is 24.3 Å². The Morgan fingerprint density at radius 2 is 2.15 bits per heavy atom. The van der Waals surface area contributed by atoms with Crippen molar-refractivity contribution in [3.8, 4) is 0 Å². The molecule has 0 fully saturated rings. The molecule has 0 amide bonds. The summed E-state index contributed by atoms with van der Waals surface area (Å²) in [6.07, 6.45) is 0. The topological polar surface area (TPSA) is 46.5 Å². The van der Waals surface area contributed by atoms with Crippen LogP contribution >= 0.6 is 22.6 Å². The molecular formula is C9H9IO3. The standard InChI is InChI=1S/C9H9IO3/c10-8-4-2-1-3-7(8)9(12)13-6-5-11/h1-4,11H,5-6H2. The van der Waals surface area contributed by atoms with Crippen molar-refractivity contribution in [3.05, 3.63) is 33.4 Å². The lowest BCUT2D eigenvalue weighted by atomic mass is 10.2. The van der Waals surface area contributed by atoms with E-state index in [4.69, 9.17) is 9.84 Å². The van der Waals surface area contributed by atoms with Crippen molar-refractivity contribution < 1.29 is 14.6 Å². The molecule has 13 heavy (non-hydrogen) atoms. The summed E-state index contributed by atoms with van der Waals surface area (Å²) in [5.74, 6) is -0.390. The molecule has 0 aliphatic heterocycles. The van der Waals surface area contributed by atoms with Crippen molar-refractivity contribution in [3.63, 3.8) is 0 Å². The molecule has 70 valence electrons. The number of rotatable bonds is 3. The monoisotopic (exact) mass is 292 g/mol. The molecule has 1 N–H and O–H groups in total. The number of hydrogen-bond donors (Lipinski definition) is 1. The van der Waals surface area contributed by atoms with E-state index < -0.39 is 0 Å². The number of ether oxygens (including phenoxy) is 1. The van der Waals surface area contributed by atoms with Crippen LogP contribution in [-0.2, 0) is 4.74 Å². The van der Waals surface area contributed by atoms with Gasteiger partial charge in [0.1, 0.15) is 6.61 Å². The van der Waals surface area contributed by atoms with Crippen LogP contribution in [0.2, 0.25) is 0 Å². The maximum atomic E-state index is 11.3. The van der Waals surface area contributed by atoms with E-state index in [0.717, 1.165) is 3.57 Å². The van der Waals surface area contributed by atoms with E-state index in [2.05, 4.69) is 22.6 Å². The number of halogens is 1. The van der Waals surface area contributed by atoms with Crippen molar-refractivity contribution >= 4 is 28.6 Å². The first-order chi connectivity index (χ1) is 6.25. The van der Waals surface area contributed by atoms with Crippen LogP contribution in [0.3, 0.4) is 0 Å². The fourth-order valence-electron chi connectivity index (χ4n) is 0.843. The minimum atomic E-state index is -0.390. The zero-order chi connectivity index (χ0) is 9.68. The molecule has 4 heteroatoms. The van der Waals surface area contributed by atoms with E-state index in [1.807, 2.05) is 12.1 Å². The molecule has 0 bridgehead atoms. The van der Waals surface area contributed by atoms with Gasteiger partial charge in [0.2, 0.25) is 0 Å². The lowest BCUT2D eigenvalue weighted by Crippen LogP contribution is -2.09. The molecule has 0 saturated carbocycles. The molecule has 0 spiro atoms. The number of hydrogen-bond acceptors (Lipinski definition) is 3. The number of aliphatic hydroxyl groups is 1. The van der Waals surface area contributed by atoms with Gasteiger partial charge >= 0.3 is 5.97 Å². The Hall–Kier alpha value is -0.620. The number of aliphatic hydroxyl groups excluding tert-OH is 1. The van der Waals surface area contributed by atoms with Crippen molar-refractivity contribution in [2.24, 2.45) is 0 Å². The highest BCUT2D eigenvalue weighted by Gasteiger charge is 2.09. The maximum absolute atomic E-state index is 11.3. The second-order valence-electron chi connectivity index (χ2n) is 2.34. The van der Waals surface area contributed by atoms with Gasteiger partial charge in [0.05, 0.1) is 12.2 Å². The van der Waals surface area contributed by atoms with Crippen LogP contribution in [0.5, 0.6) is 0 Å². The Labute approximate surface area is 89.9 Å². The molecule has 0 aliphatic carbocycles. The summed E-state index contributed by atoms with van der Waals surface area (Å²) in [5.41, 5.74) is 0.538. The Bertz CT molecular complexity index is 299. The fourth-order valence-corrected chi connectivity index (χ4v) is 1.45. The molecule has 0 unspecified atom stereocenters. The Kier molecular flexibility index (Phi) is 4.17. The molecule has 0 heterocycles. The highest BCUT2D eigenvalue weighted by atomic mass is 127. The molecule has 1 rings (SSSR count). The van der Waals surface area contributed by atoms with Crippen LogP contribution < -0.4 is 0 Å². The van der Waals surface area contributed by atoms with Crippen molar-refractivity contribution in [1.29, 1.82) is 0 Å². The van der Waals surface area contributed by atoms with Gasteiger partial charge in [0, 0.05) is 3.57 Å². The maximum Gasteiger partial charge on any atom is 0.339 e. The molecule has 1 aromatic rings. The van der Waals surface area contributed by atoms with E-state index in [1.165, 1.54) is 0 Å². The van der Waals surface area contributed by atoms with Gasteiger partial charge in [-0.1, -0.05) is 12.1 Å². The Balaban J connectivity index is 2.71. The third-order valence-electron chi connectivity index (χ3n) is 1.42. The summed E-state index contributed by atoms with van der Waals surface area (Å²) >= 11 is 2.06. The van der Waals surface area contributed by atoms with Gasteiger partial charge in [-0.25, -0.2) is 4.79 Å². The van der Waals surface area contributed by atoms with E-state index in [9.17, 15) is 4.79 Å². The third kappa shape index (κ3) is 2.96. The lowest BCUT2D eigenvalue weighted by molar-refractivity contribution is 0.0432. The second-order valence-corrected chi connectivity index (χ2v) is 3.50. The van der Waals surface area contributed by atoms with E-state index in [1.54, 1.807) is 12.1 Å². The molecule has 0 aliphatic rings. The van der Waals surface area contributed by atoms with E-state index in [0.29, 0.717) is 5.56 Å². The summed E-state index contributed by atoms with van der Waals surface area (Å²) in [7, 11) is 0. The molecular weight excluding hydrogens is 283 g/mol. The first-order valence-corrected chi connectivity index (χ1v) is 4.86. The van der Waals surface area contributed by atoms with Crippen LogP contribution in [0, 0.1) is 3.57 Å². The predicted octanol–water partition coefficient (Wildman–Crippen LogP) is 1.44. The zero-order valence-corrected chi connectivity index (χ0v) is 9.02. The third-order valence-corrected chi connectivity index (χ3v) is 2.36. The number of carbonyl (C=O) groups excluding carboxylic acids is 1. The average molecular weight is 292 g/mol. The largest absolute Gasteiger partial charge is 0.460 e. The predicted molar refractivity (Wildman–Crippen MR) is 56.5 cm³/mol. The van der Waals surface area contributed by atoms with Gasteiger partial charge < -0.3 is 9.84 Å². The second kappa shape index (κ2) is 5.18. The van der Waals surface area contributed by atoms with Gasteiger partial charge in [-0.2, -0.15) is 0 Å². The summed E-state index contributed by atoms with van der Waals surface area (Å²) < 4.78 is 5.61. The lowest BCUT2D eigenvalue weighted by Gasteiger charge is -2.03. The molecule has 0 atom stereocenters. The first kappa shape index (κ1) is 10.5. The number of esters is 1. The van der Waals surface area contributed by atoms with Gasteiger partial charge in [-0.3, -0.25) is 0 Å². The van der Waals surface area contributed by atoms with Crippen LogP contribution in [0.25, 0.3) is 0 Å². The van der Waals surface area contributed by atoms with Crippen LogP contribution in [0.1, 0.15) is 10.4 Å². The number of carbonyl (C=O) groups is 1. The summed E-state index contributed by atoms with van der Waals surface area (Å²) in [5, 5.41) is 8.45. The van der Waals surface area contributed by atoms with Gasteiger partial charge in [0.25, 0.3) is 0 Å². The number of benzene rings is 1. The smallest absolute Gasteiger partial charge is 0.339 e. The van der Waals surface area contributed by atoms with Crippen molar-refractivity contribution in [1.82, 2.24) is 0 Å². The van der Waals surface area contributed by atoms with Gasteiger partial charge in [0.15, 0.2) is 0 Å². The molecule has 1 aromatic carbocycles. The average Bonchev–Trinajstić information content (AvgIpc) is 2.15. The molecule has 0 radical (unpaired) electrons. The minimum Gasteiger partial charge on any atom is -0.460 e. The fraction of sp³-hybridized carbons (Fsp3) is 0.222. The van der Waals surface area contributed by atoms with Crippen molar-refractivity contribution in [2.75, 3.05) is 13.2 Å². The van der Waals surface area contributed by atoms with Gasteiger partial charge in [-0.15, -0.1) is 0 Å². The zero-order valence-electron chi connectivity index (χ0n) is 6.87. The van der Waals surface area contributed by atoms with E-state index >= 15 is 0 Å². The highest BCUT2D eigenvalue weighted by Crippen LogP contribution is 2.12. The highest BCUT2D eigenvalue weighted by molar-refractivity contribution is 14.1. The Morgan fingerprint density at radius 1 is 1.46 bits per heavy atom. The van der Waals surface area contributed by atoms with Crippen LogP contribution in [0.4, 0.5) is 0 Å². The summed E-state index contributed by atoms with van der Waals surface area (Å²) in [6.45, 7) is -0.0983. The summed E-state index contributed by atoms with van der Waals surface area (Å²) in [6, 6.07) is 7.15. The minimum absolute atomic E-state index is 0.0454. The van der Waals surface area contributed by atoms with Gasteiger partial charge in [-0.05, 0) is 34.7 Å². The molecule has 0 aromatic heterocycles. The molecule has 3 nitrogen and oxygen atoms in total. The molecule has 0 saturated heterocycles. The van der Waals surface area contributed by atoms with Crippen LogP contribution in [-0.4, -0.2) is 24.3 Å². The normalized spacial score (nSPS) is 9.69. The van der Waals surface area contributed by atoms with Crippen molar-refractivity contribution in [2.45, 2.75) is 0 Å². The SMILES string of the molecule is O=C(OCCO)c1ccccc1I. The summed E-state index contributed by atoms with van der Waals surface area (Å²) in [4.78, 5) is 11.3. The Morgan fingerprint density at radius 3 is 2.77 bits per heavy atom. The first-order valence-electron chi connectivity index (χ1n) is 3.78. The van der Waals surface area contributed by atoms with E-state index in [-0.39, 0.29) is 19.2 Å².